The van der Waals surface area contributed by atoms with Gasteiger partial charge in [0, 0.05) is 6.08 Å². The SMILES string of the molecule is N#CC=C(C#N)c1ccc(O)cc1. The first-order chi connectivity index (χ1) is 6.27. The lowest BCUT2D eigenvalue weighted by Gasteiger charge is -1.96. The lowest BCUT2D eigenvalue weighted by Crippen LogP contribution is -1.79. The summed E-state index contributed by atoms with van der Waals surface area (Å²) in [5.74, 6) is 0.137. The highest BCUT2D eigenvalue weighted by Crippen LogP contribution is 2.16. The molecule has 0 saturated heterocycles. The van der Waals surface area contributed by atoms with Crippen LogP contribution in [0.2, 0.25) is 0 Å². The minimum absolute atomic E-state index is 0.137. The second-order valence-electron chi connectivity index (χ2n) is 2.35. The number of phenols is 1. The Morgan fingerprint density at radius 2 is 1.85 bits per heavy atom. The summed E-state index contributed by atoms with van der Waals surface area (Å²) < 4.78 is 0. The van der Waals surface area contributed by atoms with E-state index in [-0.39, 0.29) is 5.75 Å². The lowest BCUT2D eigenvalue weighted by molar-refractivity contribution is 0.475. The maximum atomic E-state index is 8.97. The first-order valence-electron chi connectivity index (χ1n) is 3.57. The number of benzene rings is 1. The van der Waals surface area contributed by atoms with Crippen LogP contribution in [-0.2, 0) is 0 Å². The summed E-state index contributed by atoms with van der Waals surface area (Å²) in [6.45, 7) is 0. The Balaban J connectivity index is 3.10. The highest BCUT2D eigenvalue weighted by Gasteiger charge is 1.98. The van der Waals surface area contributed by atoms with Crippen molar-refractivity contribution in [2.75, 3.05) is 0 Å². The molecule has 0 atom stereocenters. The van der Waals surface area contributed by atoms with Gasteiger partial charge in [0.1, 0.15) is 11.8 Å². The third-order valence-electron chi connectivity index (χ3n) is 1.51. The van der Waals surface area contributed by atoms with Gasteiger partial charge < -0.3 is 5.11 Å². The molecule has 0 spiro atoms. The van der Waals surface area contributed by atoms with E-state index in [4.69, 9.17) is 15.6 Å². The van der Waals surface area contributed by atoms with Crippen molar-refractivity contribution in [3.8, 4) is 17.9 Å². The molecule has 0 saturated carbocycles. The fourth-order valence-corrected chi connectivity index (χ4v) is 0.886. The Kier molecular flexibility index (Phi) is 2.68. The van der Waals surface area contributed by atoms with Crippen LogP contribution in [0.25, 0.3) is 5.57 Å². The standard InChI is InChI=1S/C10H6N2O/c11-6-5-9(7-12)8-1-3-10(13)4-2-8/h1-5,13H. The van der Waals surface area contributed by atoms with Gasteiger partial charge in [-0.3, -0.25) is 0 Å². The average molecular weight is 170 g/mol. The Hall–Kier alpha value is -2.26. The first-order valence-corrected chi connectivity index (χ1v) is 3.57. The van der Waals surface area contributed by atoms with Gasteiger partial charge in [-0.25, -0.2) is 0 Å². The number of nitriles is 2. The largest absolute Gasteiger partial charge is 0.508 e. The zero-order valence-electron chi connectivity index (χ0n) is 6.73. The number of hydrogen-bond donors (Lipinski definition) is 1. The molecule has 0 amide bonds. The number of hydrogen-bond acceptors (Lipinski definition) is 3. The van der Waals surface area contributed by atoms with E-state index in [0.717, 1.165) is 0 Å². The summed E-state index contributed by atoms with van der Waals surface area (Å²) in [5.41, 5.74) is 0.921. The molecular formula is C10H6N2O. The molecular weight excluding hydrogens is 164 g/mol. The summed E-state index contributed by atoms with van der Waals surface area (Å²) in [6, 6.07) is 9.79. The summed E-state index contributed by atoms with van der Waals surface area (Å²) in [7, 11) is 0. The van der Waals surface area contributed by atoms with Crippen molar-refractivity contribution < 1.29 is 5.11 Å². The molecule has 1 aromatic rings. The molecule has 0 aliphatic rings. The fraction of sp³-hybridized carbons (Fsp3) is 0. The monoisotopic (exact) mass is 170 g/mol. The molecule has 0 aromatic heterocycles. The average Bonchev–Trinajstić information content (AvgIpc) is 2.16. The van der Waals surface area contributed by atoms with Gasteiger partial charge in [-0.15, -0.1) is 0 Å². The Morgan fingerprint density at radius 1 is 1.23 bits per heavy atom. The maximum absolute atomic E-state index is 8.97. The van der Waals surface area contributed by atoms with Crippen molar-refractivity contribution in [1.82, 2.24) is 0 Å². The zero-order chi connectivity index (χ0) is 9.68. The smallest absolute Gasteiger partial charge is 0.115 e. The van der Waals surface area contributed by atoms with Gasteiger partial charge in [0.05, 0.1) is 11.6 Å². The van der Waals surface area contributed by atoms with E-state index in [1.54, 1.807) is 18.2 Å². The predicted molar refractivity (Wildman–Crippen MR) is 47.3 cm³/mol. The third kappa shape index (κ3) is 2.08. The molecule has 13 heavy (non-hydrogen) atoms. The topological polar surface area (TPSA) is 67.8 Å². The van der Waals surface area contributed by atoms with Gasteiger partial charge in [0.25, 0.3) is 0 Å². The van der Waals surface area contributed by atoms with Gasteiger partial charge in [0.2, 0.25) is 0 Å². The summed E-state index contributed by atoms with van der Waals surface area (Å²) >= 11 is 0. The van der Waals surface area contributed by atoms with Crippen LogP contribution in [0.4, 0.5) is 0 Å². The van der Waals surface area contributed by atoms with E-state index < -0.39 is 0 Å². The Bertz CT molecular complexity index is 404. The number of nitrogens with zero attached hydrogens (tertiary/aromatic N) is 2. The number of aromatic hydroxyl groups is 1. The van der Waals surface area contributed by atoms with E-state index in [9.17, 15) is 0 Å². The van der Waals surface area contributed by atoms with Crippen LogP contribution in [0.5, 0.6) is 5.75 Å². The van der Waals surface area contributed by atoms with E-state index >= 15 is 0 Å². The Morgan fingerprint density at radius 3 is 2.31 bits per heavy atom. The first kappa shape index (κ1) is 8.83. The molecule has 3 nitrogen and oxygen atoms in total. The molecule has 0 radical (unpaired) electrons. The van der Waals surface area contributed by atoms with Crippen molar-refractivity contribution in [3.05, 3.63) is 35.9 Å². The van der Waals surface area contributed by atoms with E-state index in [1.807, 2.05) is 6.07 Å². The van der Waals surface area contributed by atoms with Gasteiger partial charge in [0.15, 0.2) is 0 Å². The molecule has 0 fully saturated rings. The van der Waals surface area contributed by atoms with Crippen molar-refractivity contribution in [2.45, 2.75) is 0 Å². The van der Waals surface area contributed by atoms with Gasteiger partial charge >= 0.3 is 0 Å². The van der Waals surface area contributed by atoms with E-state index in [0.29, 0.717) is 11.1 Å². The molecule has 0 bridgehead atoms. The van der Waals surface area contributed by atoms with Gasteiger partial charge in [-0.2, -0.15) is 10.5 Å². The normalized spacial score (nSPS) is 10.2. The van der Waals surface area contributed by atoms with Crippen LogP contribution in [0.3, 0.4) is 0 Å². The lowest BCUT2D eigenvalue weighted by atomic mass is 10.1. The summed E-state index contributed by atoms with van der Waals surface area (Å²) in [4.78, 5) is 0. The quantitative estimate of drug-likeness (QED) is 0.653. The molecule has 1 rings (SSSR count). The summed E-state index contributed by atoms with van der Waals surface area (Å²) in [5, 5.41) is 26.0. The molecule has 0 aliphatic carbocycles. The Labute approximate surface area is 75.8 Å². The van der Waals surface area contributed by atoms with Crippen LogP contribution in [-0.4, -0.2) is 5.11 Å². The second-order valence-corrected chi connectivity index (χ2v) is 2.35. The van der Waals surface area contributed by atoms with E-state index in [2.05, 4.69) is 0 Å². The van der Waals surface area contributed by atoms with Crippen molar-refractivity contribution in [3.63, 3.8) is 0 Å². The van der Waals surface area contributed by atoms with Crippen molar-refractivity contribution in [2.24, 2.45) is 0 Å². The molecule has 0 unspecified atom stereocenters. The van der Waals surface area contributed by atoms with Crippen LogP contribution in [0.1, 0.15) is 5.56 Å². The van der Waals surface area contributed by atoms with Gasteiger partial charge in [-0.1, -0.05) is 0 Å². The van der Waals surface area contributed by atoms with Gasteiger partial charge in [-0.05, 0) is 29.8 Å². The highest BCUT2D eigenvalue weighted by molar-refractivity contribution is 5.78. The second kappa shape index (κ2) is 3.94. The number of allylic oxidation sites excluding steroid dienone is 2. The molecule has 62 valence electrons. The molecule has 0 heterocycles. The fourth-order valence-electron chi connectivity index (χ4n) is 0.886. The van der Waals surface area contributed by atoms with Crippen molar-refractivity contribution >= 4 is 5.57 Å². The van der Waals surface area contributed by atoms with Crippen molar-refractivity contribution in [1.29, 1.82) is 10.5 Å². The third-order valence-corrected chi connectivity index (χ3v) is 1.51. The number of phenolic OH excluding ortho intramolecular Hbond substituents is 1. The van der Waals surface area contributed by atoms with Crippen LogP contribution in [0, 0.1) is 22.7 Å². The predicted octanol–water partition coefficient (Wildman–Crippen LogP) is 1.82. The summed E-state index contributed by atoms with van der Waals surface area (Å²) in [6.07, 6.45) is 1.17. The van der Waals surface area contributed by atoms with Crippen LogP contribution < -0.4 is 0 Å². The molecule has 3 heteroatoms. The van der Waals surface area contributed by atoms with Crippen LogP contribution >= 0.6 is 0 Å². The minimum atomic E-state index is 0.137. The highest BCUT2D eigenvalue weighted by atomic mass is 16.3. The molecule has 1 N–H and O–H groups in total. The van der Waals surface area contributed by atoms with Crippen LogP contribution in [0.15, 0.2) is 30.3 Å². The minimum Gasteiger partial charge on any atom is -0.508 e. The zero-order valence-corrected chi connectivity index (χ0v) is 6.73. The molecule has 0 aliphatic heterocycles. The molecule has 1 aromatic carbocycles. The van der Waals surface area contributed by atoms with E-state index in [1.165, 1.54) is 18.2 Å². The maximum Gasteiger partial charge on any atom is 0.115 e. The number of rotatable bonds is 1.